The van der Waals surface area contributed by atoms with E-state index in [4.69, 9.17) is 5.73 Å². The van der Waals surface area contributed by atoms with Crippen LogP contribution in [0, 0.1) is 11.3 Å². The van der Waals surface area contributed by atoms with Gasteiger partial charge in [0.05, 0.1) is 5.56 Å². The zero-order chi connectivity index (χ0) is 23.4. The first-order chi connectivity index (χ1) is 16.7. The number of hydrogen-bond donors (Lipinski definition) is 1. The lowest BCUT2D eigenvalue weighted by Gasteiger charge is -2.34. The predicted octanol–water partition coefficient (Wildman–Crippen LogP) is 3.58. The maximum atomic E-state index is 9.30. The third-order valence-electron chi connectivity index (χ3n) is 6.30. The minimum absolute atomic E-state index is 0.421. The molecule has 0 aliphatic carbocycles. The molecule has 4 heteroatoms. The molecule has 1 aromatic heterocycles. The largest absolute Gasteiger partial charge is 0.383 e. The van der Waals surface area contributed by atoms with Gasteiger partial charge in [0.2, 0.25) is 0 Å². The summed E-state index contributed by atoms with van der Waals surface area (Å²) in [6.07, 6.45) is 1.51. The summed E-state index contributed by atoms with van der Waals surface area (Å²) in [5.41, 5.74) is 8.38. The third-order valence-corrected chi connectivity index (χ3v) is 11.1. The fourth-order valence-corrected chi connectivity index (χ4v) is 9.48. The van der Waals surface area contributed by atoms with Crippen LogP contribution in [0.5, 0.6) is 0 Å². The molecule has 0 fully saturated rings. The van der Waals surface area contributed by atoms with E-state index in [1.54, 1.807) is 6.07 Å². The van der Waals surface area contributed by atoms with Gasteiger partial charge in [-0.3, -0.25) is 0 Å². The molecular formula is C30H23N3Si. The molecular weight excluding hydrogens is 430 g/mol. The molecule has 0 aliphatic rings. The van der Waals surface area contributed by atoms with E-state index in [-0.39, 0.29) is 0 Å². The lowest BCUT2D eigenvalue weighted by atomic mass is 10.1. The Hall–Kier alpha value is -4.46. The van der Waals surface area contributed by atoms with Gasteiger partial charge in [-0.15, -0.1) is 0 Å². The monoisotopic (exact) mass is 453 g/mol. The Labute approximate surface area is 200 Å². The summed E-state index contributed by atoms with van der Waals surface area (Å²) in [5, 5.41) is 14.6. The lowest BCUT2D eigenvalue weighted by Crippen LogP contribution is -2.74. The van der Waals surface area contributed by atoms with Crippen LogP contribution in [0.15, 0.2) is 128 Å². The number of anilines is 1. The number of benzene rings is 4. The second-order valence-electron chi connectivity index (χ2n) is 8.19. The van der Waals surface area contributed by atoms with Crippen molar-refractivity contribution < 1.29 is 0 Å². The Morgan fingerprint density at radius 3 is 1.50 bits per heavy atom. The minimum atomic E-state index is -2.55. The molecule has 0 unspecified atom stereocenters. The van der Waals surface area contributed by atoms with Crippen molar-refractivity contribution in [2.75, 3.05) is 5.73 Å². The maximum Gasteiger partial charge on any atom is 0.179 e. The van der Waals surface area contributed by atoms with Crippen molar-refractivity contribution in [3.05, 3.63) is 133 Å². The van der Waals surface area contributed by atoms with Crippen molar-refractivity contribution in [1.29, 1.82) is 5.26 Å². The van der Waals surface area contributed by atoms with Crippen molar-refractivity contribution in [3.8, 4) is 17.2 Å². The zero-order valence-corrected chi connectivity index (χ0v) is 19.6. The molecule has 0 saturated carbocycles. The molecule has 0 radical (unpaired) electrons. The molecule has 0 bridgehead atoms. The molecule has 1 heterocycles. The molecule has 34 heavy (non-hydrogen) atoms. The van der Waals surface area contributed by atoms with Crippen LogP contribution in [0.3, 0.4) is 0 Å². The topological polar surface area (TPSA) is 62.7 Å². The molecule has 2 N–H and O–H groups in total. The average Bonchev–Trinajstić information content (AvgIpc) is 2.92. The fourth-order valence-electron chi connectivity index (χ4n) is 4.73. The summed E-state index contributed by atoms with van der Waals surface area (Å²) >= 11 is 0. The standard InChI is InChI=1S/C30H23N3Si/c31-21-23-20-29(30(32)33-22-23)24-16-18-28(19-17-24)34(25-10-4-1-5-11-25,26-12-6-2-7-13-26)27-14-8-3-9-15-27/h1-20,22H,(H2,32,33). The van der Waals surface area contributed by atoms with Crippen LogP contribution in [0.1, 0.15) is 5.56 Å². The third kappa shape index (κ3) is 3.69. The normalized spacial score (nSPS) is 11.0. The molecule has 0 saturated heterocycles. The Morgan fingerprint density at radius 1 is 0.618 bits per heavy atom. The van der Waals surface area contributed by atoms with Crippen LogP contribution in [-0.4, -0.2) is 13.1 Å². The van der Waals surface area contributed by atoms with E-state index in [0.29, 0.717) is 11.4 Å². The van der Waals surface area contributed by atoms with Crippen LogP contribution in [0.2, 0.25) is 0 Å². The van der Waals surface area contributed by atoms with Crippen molar-refractivity contribution in [2.24, 2.45) is 0 Å². The SMILES string of the molecule is N#Cc1cnc(N)c(-c2ccc([Si](c3ccccc3)(c3ccccc3)c3ccccc3)cc2)c1. The van der Waals surface area contributed by atoms with E-state index in [0.717, 1.165) is 11.1 Å². The average molecular weight is 454 g/mol. The van der Waals surface area contributed by atoms with Gasteiger partial charge in [-0.05, 0) is 32.4 Å². The van der Waals surface area contributed by atoms with E-state index in [9.17, 15) is 5.26 Å². The molecule has 0 amide bonds. The van der Waals surface area contributed by atoms with Gasteiger partial charge in [-0.25, -0.2) is 4.98 Å². The van der Waals surface area contributed by atoms with Gasteiger partial charge >= 0.3 is 0 Å². The van der Waals surface area contributed by atoms with E-state index in [1.807, 2.05) is 0 Å². The molecule has 3 nitrogen and oxygen atoms in total. The van der Waals surface area contributed by atoms with Gasteiger partial charge in [0.15, 0.2) is 8.07 Å². The Kier molecular flexibility index (Phi) is 5.78. The second-order valence-corrected chi connectivity index (χ2v) is 12.0. The zero-order valence-electron chi connectivity index (χ0n) is 18.6. The smallest absolute Gasteiger partial charge is 0.179 e. The van der Waals surface area contributed by atoms with Crippen LogP contribution in [-0.2, 0) is 0 Å². The molecule has 0 atom stereocenters. The first-order valence-corrected chi connectivity index (χ1v) is 13.2. The summed E-state index contributed by atoms with van der Waals surface area (Å²) in [6.45, 7) is 0. The second kappa shape index (κ2) is 9.19. The van der Waals surface area contributed by atoms with Gasteiger partial charge < -0.3 is 5.73 Å². The van der Waals surface area contributed by atoms with E-state index < -0.39 is 8.07 Å². The van der Waals surface area contributed by atoms with Crippen LogP contribution < -0.4 is 26.5 Å². The highest BCUT2D eigenvalue weighted by Gasteiger charge is 2.41. The van der Waals surface area contributed by atoms with Gasteiger partial charge in [-0.1, -0.05) is 115 Å². The highest BCUT2D eigenvalue weighted by Crippen LogP contribution is 2.25. The fraction of sp³-hybridized carbons (Fsp3) is 0. The van der Waals surface area contributed by atoms with E-state index >= 15 is 0 Å². The predicted molar refractivity (Wildman–Crippen MR) is 142 cm³/mol. The van der Waals surface area contributed by atoms with Gasteiger partial charge in [0.25, 0.3) is 0 Å². The minimum Gasteiger partial charge on any atom is -0.383 e. The summed E-state index contributed by atoms with van der Waals surface area (Å²) in [6, 6.07) is 45.0. The summed E-state index contributed by atoms with van der Waals surface area (Å²) in [4.78, 5) is 4.20. The number of hydrogen-bond acceptors (Lipinski definition) is 3. The van der Waals surface area contributed by atoms with Gasteiger partial charge in [0.1, 0.15) is 11.9 Å². The highest BCUT2D eigenvalue weighted by atomic mass is 28.3. The lowest BCUT2D eigenvalue weighted by molar-refractivity contribution is 1.31. The molecule has 5 rings (SSSR count). The van der Waals surface area contributed by atoms with Crippen LogP contribution in [0.4, 0.5) is 5.82 Å². The number of rotatable bonds is 5. The number of aromatic nitrogens is 1. The maximum absolute atomic E-state index is 9.30. The number of nitrogens with two attached hydrogens (primary N) is 1. The quantitative estimate of drug-likeness (QED) is 0.327. The Balaban J connectivity index is 1.76. The number of nitrogens with zero attached hydrogens (tertiary/aromatic N) is 2. The molecule has 4 aromatic carbocycles. The van der Waals surface area contributed by atoms with Crippen molar-refractivity contribution in [3.63, 3.8) is 0 Å². The highest BCUT2D eigenvalue weighted by molar-refractivity contribution is 7.19. The van der Waals surface area contributed by atoms with Crippen LogP contribution in [0.25, 0.3) is 11.1 Å². The Morgan fingerprint density at radius 2 is 1.06 bits per heavy atom. The van der Waals surface area contributed by atoms with E-state index in [2.05, 4.69) is 126 Å². The summed E-state index contributed by atoms with van der Waals surface area (Å²) in [5.74, 6) is 0.421. The van der Waals surface area contributed by atoms with E-state index in [1.165, 1.54) is 26.9 Å². The van der Waals surface area contributed by atoms with Crippen LogP contribution >= 0.6 is 0 Å². The van der Waals surface area contributed by atoms with Gasteiger partial charge in [-0.2, -0.15) is 5.26 Å². The molecule has 0 spiro atoms. The molecule has 5 aromatic rings. The summed E-state index contributed by atoms with van der Waals surface area (Å²) in [7, 11) is -2.55. The Bertz CT molecular complexity index is 1350. The first-order valence-electron chi connectivity index (χ1n) is 11.2. The van der Waals surface area contributed by atoms with Crippen molar-refractivity contribution >= 4 is 34.6 Å². The number of nitriles is 1. The molecule has 162 valence electrons. The first kappa shape index (κ1) is 21.4. The number of pyridine rings is 1. The number of nitrogen functional groups attached to an aromatic ring is 1. The van der Waals surface area contributed by atoms with Crippen molar-refractivity contribution in [1.82, 2.24) is 4.98 Å². The van der Waals surface area contributed by atoms with Gasteiger partial charge in [0, 0.05) is 11.8 Å². The van der Waals surface area contributed by atoms with Crippen molar-refractivity contribution in [2.45, 2.75) is 0 Å². The molecule has 0 aliphatic heterocycles. The summed E-state index contributed by atoms with van der Waals surface area (Å²) < 4.78 is 0.